The van der Waals surface area contributed by atoms with Crippen molar-refractivity contribution in [3.63, 3.8) is 0 Å². The molecule has 1 N–H and O–H groups in total. The summed E-state index contributed by atoms with van der Waals surface area (Å²) in [4.78, 5) is 30.3. The van der Waals surface area contributed by atoms with Gasteiger partial charge in [-0.25, -0.2) is 4.98 Å². The lowest BCUT2D eigenvalue weighted by Gasteiger charge is -2.15. The average Bonchev–Trinajstić information content (AvgIpc) is 3.45. The average molecular weight is 378 g/mol. The van der Waals surface area contributed by atoms with Gasteiger partial charge in [0.2, 0.25) is 11.8 Å². The Hall–Kier alpha value is -3.35. The van der Waals surface area contributed by atoms with Gasteiger partial charge in [-0.2, -0.15) is 0 Å². The number of nitrogens with one attached hydrogen (secondary N) is 1. The number of carbonyl (C=O) groups is 2. The molecular weight excluding hydrogens is 356 g/mol. The lowest BCUT2D eigenvalue weighted by molar-refractivity contribution is -0.129. The predicted octanol–water partition coefficient (Wildman–Crippen LogP) is 2.19. The fourth-order valence-corrected chi connectivity index (χ4v) is 3.38. The van der Waals surface area contributed by atoms with E-state index in [0.29, 0.717) is 19.6 Å². The van der Waals surface area contributed by atoms with E-state index in [1.54, 1.807) is 29.8 Å². The topological polar surface area (TPSA) is 80.4 Å². The summed E-state index contributed by atoms with van der Waals surface area (Å²) in [6.07, 6.45) is 7.29. The molecular formula is C21H22N4O3. The van der Waals surface area contributed by atoms with Gasteiger partial charge in [0.1, 0.15) is 5.76 Å². The van der Waals surface area contributed by atoms with Crippen LogP contribution in [-0.4, -0.2) is 32.8 Å². The molecule has 0 unspecified atom stereocenters. The standard InChI is InChI=1S/C21H22N4O3/c26-20-10-18(13-25(20)14-19-2-1-9-28-19)21(27)23-11-16-3-5-17(6-4-16)12-24-8-7-22-15-24/h1-9,15,18H,10-14H2,(H,23,27)/t18-/m0/s1. The van der Waals surface area contributed by atoms with Gasteiger partial charge >= 0.3 is 0 Å². The molecule has 1 saturated heterocycles. The van der Waals surface area contributed by atoms with E-state index in [2.05, 4.69) is 10.3 Å². The molecule has 28 heavy (non-hydrogen) atoms. The lowest BCUT2D eigenvalue weighted by Crippen LogP contribution is -2.32. The monoisotopic (exact) mass is 378 g/mol. The molecule has 1 atom stereocenters. The highest BCUT2D eigenvalue weighted by molar-refractivity contribution is 5.89. The van der Waals surface area contributed by atoms with Gasteiger partial charge in [-0.1, -0.05) is 24.3 Å². The molecule has 1 fully saturated rings. The molecule has 0 radical (unpaired) electrons. The minimum atomic E-state index is -0.317. The number of likely N-dealkylation sites (tertiary alicyclic amines) is 1. The number of hydrogen-bond donors (Lipinski definition) is 1. The number of carbonyl (C=O) groups excluding carboxylic acids is 2. The van der Waals surface area contributed by atoms with Crippen LogP contribution in [0.15, 0.2) is 65.8 Å². The molecule has 0 saturated carbocycles. The largest absolute Gasteiger partial charge is 0.467 e. The quantitative estimate of drug-likeness (QED) is 0.683. The van der Waals surface area contributed by atoms with Gasteiger partial charge in [0, 0.05) is 38.4 Å². The fourth-order valence-electron chi connectivity index (χ4n) is 3.38. The molecule has 3 aromatic rings. The summed E-state index contributed by atoms with van der Waals surface area (Å²) in [6, 6.07) is 11.7. The molecule has 2 amide bonds. The minimum absolute atomic E-state index is 0.0135. The zero-order valence-corrected chi connectivity index (χ0v) is 15.5. The van der Waals surface area contributed by atoms with Gasteiger partial charge in [0.25, 0.3) is 0 Å². The molecule has 3 heterocycles. The molecule has 7 nitrogen and oxygen atoms in total. The smallest absolute Gasteiger partial charge is 0.225 e. The number of amides is 2. The molecule has 144 valence electrons. The predicted molar refractivity (Wildman–Crippen MR) is 102 cm³/mol. The number of imidazole rings is 1. The van der Waals surface area contributed by atoms with Crippen LogP contribution in [0.25, 0.3) is 0 Å². The SMILES string of the molecule is O=C(NCc1ccc(Cn2ccnc2)cc1)[C@H]1CC(=O)N(Cc2ccco2)C1. The van der Waals surface area contributed by atoms with Gasteiger partial charge in [0.05, 0.1) is 25.1 Å². The van der Waals surface area contributed by atoms with Crippen LogP contribution >= 0.6 is 0 Å². The van der Waals surface area contributed by atoms with Crippen molar-refractivity contribution < 1.29 is 14.0 Å². The molecule has 2 aromatic heterocycles. The Kier molecular flexibility index (Phi) is 5.23. The van der Waals surface area contributed by atoms with Crippen LogP contribution in [0, 0.1) is 5.92 Å². The molecule has 7 heteroatoms. The third-order valence-electron chi connectivity index (χ3n) is 4.93. The maximum absolute atomic E-state index is 12.5. The summed E-state index contributed by atoms with van der Waals surface area (Å²) in [5, 5.41) is 2.95. The van der Waals surface area contributed by atoms with E-state index in [1.807, 2.05) is 41.1 Å². The first-order valence-corrected chi connectivity index (χ1v) is 9.29. The highest BCUT2D eigenvalue weighted by Crippen LogP contribution is 2.20. The van der Waals surface area contributed by atoms with E-state index in [9.17, 15) is 9.59 Å². The van der Waals surface area contributed by atoms with E-state index in [0.717, 1.165) is 17.9 Å². The number of hydrogen-bond acceptors (Lipinski definition) is 4. The van der Waals surface area contributed by atoms with Crippen LogP contribution in [0.3, 0.4) is 0 Å². The Labute approximate surface area is 163 Å². The van der Waals surface area contributed by atoms with E-state index in [-0.39, 0.29) is 24.2 Å². The van der Waals surface area contributed by atoms with Crippen LogP contribution in [0.2, 0.25) is 0 Å². The minimum Gasteiger partial charge on any atom is -0.467 e. The Morgan fingerprint density at radius 2 is 2.00 bits per heavy atom. The van der Waals surface area contributed by atoms with E-state index >= 15 is 0 Å². The Bertz CT molecular complexity index is 917. The van der Waals surface area contributed by atoms with Crippen molar-refractivity contribution in [3.05, 3.63) is 78.3 Å². The van der Waals surface area contributed by atoms with Gasteiger partial charge in [-0.3, -0.25) is 9.59 Å². The van der Waals surface area contributed by atoms with Crippen molar-refractivity contribution in [2.75, 3.05) is 6.54 Å². The highest BCUT2D eigenvalue weighted by atomic mass is 16.3. The third kappa shape index (κ3) is 4.31. The second-order valence-electron chi connectivity index (χ2n) is 7.02. The molecule has 1 aromatic carbocycles. The second kappa shape index (κ2) is 8.12. The van der Waals surface area contributed by atoms with Crippen LogP contribution in [0.1, 0.15) is 23.3 Å². The van der Waals surface area contributed by atoms with Crippen LogP contribution < -0.4 is 5.32 Å². The molecule has 1 aliphatic rings. The first-order valence-electron chi connectivity index (χ1n) is 9.29. The summed E-state index contributed by atoms with van der Waals surface area (Å²) in [7, 11) is 0. The van der Waals surface area contributed by atoms with Crippen LogP contribution in [0.4, 0.5) is 0 Å². The summed E-state index contributed by atoms with van der Waals surface area (Å²) in [5.74, 6) is 0.311. The molecule has 0 spiro atoms. The van der Waals surface area contributed by atoms with E-state index < -0.39 is 0 Å². The van der Waals surface area contributed by atoms with Crippen LogP contribution in [-0.2, 0) is 29.2 Å². The molecule has 0 aliphatic carbocycles. The number of rotatable bonds is 7. The van der Waals surface area contributed by atoms with Crippen molar-refractivity contribution in [1.29, 1.82) is 0 Å². The summed E-state index contributed by atoms with van der Waals surface area (Å²) >= 11 is 0. The molecule has 0 bridgehead atoms. The van der Waals surface area contributed by atoms with Crippen molar-refractivity contribution in [1.82, 2.24) is 19.8 Å². The number of benzene rings is 1. The summed E-state index contributed by atoms with van der Waals surface area (Å²) in [5.41, 5.74) is 2.20. The van der Waals surface area contributed by atoms with Crippen LogP contribution in [0.5, 0.6) is 0 Å². The summed E-state index contributed by atoms with van der Waals surface area (Å²) in [6.45, 7) is 2.05. The Morgan fingerprint density at radius 3 is 2.71 bits per heavy atom. The zero-order chi connectivity index (χ0) is 19.3. The normalized spacial score (nSPS) is 16.5. The zero-order valence-electron chi connectivity index (χ0n) is 15.5. The van der Waals surface area contributed by atoms with E-state index in [1.165, 1.54) is 5.56 Å². The number of nitrogens with zero attached hydrogens (tertiary/aromatic N) is 3. The summed E-state index contributed by atoms with van der Waals surface area (Å²) < 4.78 is 7.29. The van der Waals surface area contributed by atoms with Gasteiger partial charge in [-0.05, 0) is 23.3 Å². The Morgan fingerprint density at radius 1 is 1.18 bits per heavy atom. The lowest BCUT2D eigenvalue weighted by atomic mass is 10.1. The first kappa shape index (κ1) is 18.0. The fraction of sp³-hybridized carbons (Fsp3) is 0.286. The highest BCUT2D eigenvalue weighted by Gasteiger charge is 2.34. The third-order valence-corrected chi connectivity index (χ3v) is 4.93. The second-order valence-corrected chi connectivity index (χ2v) is 7.02. The van der Waals surface area contributed by atoms with Gasteiger partial charge < -0.3 is 19.2 Å². The number of aromatic nitrogens is 2. The van der Waals surface area contributed by atoms with Gasteiger partial charge in [0.15, 0.2) is 0 Å². The molecule has 1 aliphatic heterocycles. The maximum atomic E-state index is 12.5. The maximum Gasteiger partial charge on any atom is 0.225 e. The first-order chi connectivity index (χ1) is 13.7. The van der Waals surface area contributed by atoms with Crippen molar-refractivity contribution in [3.8, 4) is 0 Å². The van der Waals surface area contributed by atoms with E-state index in [4.69, 9.17) is 4.42 Å². The van der Waals surface area contributed by atoms with Gasteiger partial charge in [-0.15, -0.1) is 0 Å². The van der Waals surface area contributed by atoms with Crippen molar-refractivity contribution in [2.24, 2.45) is 5.92 Å². The number of furan rings is 1. The van der Waals surface area contributed by atoms with Crippen molar-refractivity contribution in [2.45, 2.75) is 26.1 Å². The molecule has 4 rings (SSSR count). The van der Waals surface area contributed by atoms with Crippen molar-refractivity contribution >= 4 is 11.8 Å². The Balaban J connectivity index is 1.26.